The van der Waals surface area contributed by atoms with E-state index in [1.165, 1.54) is 10.7 Å². The maximum atomic E-state index is 13.2. The third-order valence-corrected chi connectivity index (χ3v) is 6.33. The highest BCUT2D eigenvalue weighted by Gasteiger charge is 2.18. The Hall–Kier alpha value is -4.18. The molecule has 0 atom stereocenters. The van der Waals surface area contributed by atoms with Gasteiger partial charge >= 0.3 is 0 Å². The van der Waals surface area contributed by atoms with Crippen molar-refractivity contribution in [3.05, 3.63) is 96.1 Å². The van der Waals surface area contributed by atoms with E-state index < -0.39 is 21.7 Å². The summed E-state index contributed by atoms with van der Waals surface area (Å²) in [5.74, 6) is -0.477. The first-order chi connectivity index (χ1) is 16.3. The SMILES string of the molecule is COc1ccc(C)cc1-n1ccc(C(=O)Nc2ccccc2NS(=O)(=O)c2ccc(F)cc2)n1. The van der Waals surface area contributed by atoms with Crippen LogP contribution >= 0.6 is 0 Å². The maximum absolute atomic E-state index is 13.2. The first-order valence-corrected chi connectivity index (χ1v) is 11.6. The number of methoxy groups -OCH3 is 1. The zero-order chi connectivity index (χ0) is 24.3. The zero-order valence-electron chi connectivity index (χ0n) is 18.3. The van der Waals surface area contributed by atoms with E-state index in [0.717, 1.165) is 29.8 Å². The molecule has 0 saturated carbocycles. The summed E-state index contributed by atoms with van der Waals surface area (Å²) in [6.07, 6.45) is 1.63. The molecule has 0 aliphatic heterocycles. The van der Waals surface area contributed by atoms with E-state index in [1.54, 1.807) is 37.6 Å². The van der Waals surface area contributed by atoms with Crippen LogP contribution in [0.3, 0.4) is 0 Å². The van der Waals surface area contributed by atoms with Crippen LogP contribution in [0.5, 0.6) is 5.75 Å². The Morgan fingerprint density at radius 2 is 1.71 bits per heavy atom. The lowest BCUT2D eigenvalue weighted by atomic mass is 10.2. The van der Waals surface area contributed by atoms with Crippen LogP contribution in [-0.4, -0.2) is 31.2 Å². The first-order valence-electron chi connectivity index (χ1n) is 10.2. The van der Waals surface area contributed by atoms with Crippen molar-refractivity contribution in [2.45, 2.75) is 11.8 Å². The molecule has 2 N–H and O–H groups in total. The van der Waals surface area contributed by atoms with E-state index in [0.29, 0.717) is 11.4 Å². The molecule has 0 aliphatic rings. The molecule has 0 radical (unpaired) electrons. The van der Waals surface area contributed by atoms with Crippen molar-refractivity contribution in [3.8, 4) is 11.4 Å². The van der Waals surface area contributed by atoms with Gasteiger partial charge in [-0.25, -0.2) is 17.5 Å². The second-order valence-corrected chi connectivity index (χ2v) is 9.06. The molecular weight excluding hydrogens is 459 g/mol. The monoisotopic (exact) mass is 480 g/mol. The van der Waals surface area contributed by atoms with Gasteiger partial charge in [-0.2, -0.15) is 5.10 Å². The summed E-state index contributed by atoms with van der Waals surface area (Å²) in [6.45, 7) is 1.93. The van der Waals surface area contributed by atoms with Gasteiger partial charge in [0, 0.05) is 6.20 Å². The second kappa shape index (κ2) is 9.36. The fourth-order valence-electron chi connectivity index (χ4n) is 3.24. The smallest absolute Gasteiger partial charge is 0.276 e. The molecule has 0 bridgehead atoms. The molecule has 1 heterocycles. The number of aromatic nitrogens is 2. The van der Waals surface area contributed by atoms with E-state index in [-0.39, 0.29) is 22.0 Å². The maximum Gasteiger partial charge on any atom is 0.276 e. The largest absolute Gasteiger partial charge is 0.494 e. The van der Waals surface area contributed by atoms with Crippen molar-refractivity contribution >= 4 is 27.3 Å². The Kier molecular flexibility index (Phi) is 6.33. The Labute approximate surface area is 196 Å². The summed E-state index contributed by atoms with van der Waals surface area (Å²) in [5, 5.41) is 7.02. The van der Waals surface area contributed by atoms with Crippen LogP contribution in [0.4, 0.5) is 15.8 Å². The fraction of sp³-hybridized carbons (Fsp3) is 0.0833. The lowest BCUT2D eigenvalue weighted by Crippen LogP contribution is -2.17. The van der Waals surface area contributed by atoms with Gasteiger partial charge in [-0.1, -0.05) is 18.2 Å². The molecular formula is C24H21FN4O4S. The van der Waals surface area contributed by atoms with Crippen molar-refractivity contribution < 1.29 is 22.3 Å². The van der Waals surface area contributed by atoms with Crippen LogP contribution in [0.25, 0.3) is 5.69 Å². The Bertz CT molecular complexity index is 1450. The molecule has 0 saturated heterocycles. The number of hydrogen-bond donors (Lipinski definition) is 2. The number of sulfonamides is 1. The van der Waals surface area contributed by atoms with Gasteiger partial charge in [-0.15, -0.1) is 0 Å². The number of nitrogens with zero attached hydrogens (tertiary/aromatic N) is 2. The van der Waals surface area contributed by atoms with Gasteiger partial charge < -0.3 is 10.1 Å². The molecule has 1 aromatic heterocycles. The fourth-order valence-corrected chi connectivity index (χ4v) is 4.32. The third-order valence-electron chi connectivity index (χ3n) is 4.95. The van der Waals surface area contributed by atoms with E-state index in [2.05, 4.69) is 15.1 Å². The summed E-state index contributed by atoms with van der Waals surface area (Å²) >= 11 is 0. The molecule has 4 rings (SSSR count). The minimum atomic E-state index is -4.00. The zero-order valence-corrected chi connectivity index (χ0v) is 19.1. The minimum absolute atomic E-state index is 0.110. The van der Waals surface area contributed by atoms with Crippen LogP contribution in [0.1, 0.15) is 16.1 Å². The summed E-state index contributed by atoms with van der Waals surface area (Å²) in [7, 11) is -2.45. The standard InChI is InChI=1S/C24H21FN4O4S/c1-16-7-12-23(33-2)22(15-16)29-14-13-21(27-29)24(30)26-19-5-3-4-6-20(19)28-34(31,32)18-10-8-17(25)9-11-18/h3-15,28H,1-2H3,(H,26,30). The average Bonchev–Trinajstić information content (AvgIpc) is 3.31. The highest BCUT2D eigenvalue weighted by molar-refractivity contribution is 7.92. The van der Waals surface area contributed by atoms with E-state index in [1.807, 2.05) is 25.1 Å². The van der Waals surface area contributed by atoms with Gasteiger partial charge in [0.25, 0.3) is 15.9 Å². The predicted octanol–water partition coefficient (Wildman–Crippen LogP) is 4.38. The number of halogens is 1. The molecule has 10 heteroatoms. The average molecular weight is 481 g/mol. The van der Waals surface area contributed by atoms with E-state index in [9.17, 15) is 17.6 Å². The molecule has 0 fully saturated rings. The van der Waals surface area contributed by atoms with Crippen LogP contribution in [0, 0.1) is 12.7 Å². The van der Waals surface area contributed by atoms with E-state index in [4.69, 9.17) is 4.74 Å². The number of rotatable bonds is 7. The number of anilines is 2. The van der Waals surface area contributed by atoms with Gasteiger partial charge in [0.05, 0.1) is 23.4 Å². The number of aryl methyl sites for hydroxylation is 1. The second-order valence-electron chi connectivity index (χ2n) is 7.38. The van der Waals surface area contributed by atoms with E-state index >= 15 is 0 Å². The van der Waals surface area contributed by atoms with Crippen LogP contribution in [0.15, 0.2) is 83.9 Å². The van der Waals surface area contributed by atoms with Crippen molar-refractivity contribution in [3.63, 3.8) is 0 Å². The molecule has 174 valence electrons. The lowest BCUT2D eigenvalue weighted by molar-refractivity contribution is 0.102. The number of nitrogens with one attached hydrogen (secondary N) is 2. The van der Waals surface area contributed by atoms with Crippen LogP contribution in [0.2, 0.25) is 0 Å². The van der Waals surface area contributed by atoms with Crippen LogP contribution < -0.4 is 14.8 Å². The van der Waals surface area contributed by atoms with Crippen molar-refractivity contribution in [1.29, 1.82) is 0 Å². The van der Waals surface area contributed by atoms with Gasteiger partial charge in [-0.3, -0.25) is 9.52 Å². The van der Waals surface area contributed by atoms with Crippen LogP contribution in [-0.2, 0) is 10.0 Å². The number of carbonyl (C=O) groups is 1. The normalized spacial score (nSPS) is 11.1. The Balaban J connectivity index is 1.56. The van der Waals surface area contributed by atoms with Crippen molar-refractivity contribution in [2.75, 3.05) is 17.1 Å². The molecule has 3 aromatic carbocycles. The summed E-state index contributed by atoms with van der Waals surface area (Å²) in [6, 6.07) is 17.9. The highest BCUT2D eigenvalue weighted by atomic mass is 32.2. The number of hydrogen-bond acceptors (Lipinski definition) is 5. The molecule has 8 nitrogen and oxygen atoms in total. The number of benzene rings is 3. The molecule has 34 heavy (non-hydrogen) atoms. The summed E-state index contributed by atoms with van der Waals surface area (Å²) in [5.41, 5.74) is 2.19. The topological polar surface area (TPSA) is 102 Å². The number of para-hydroxylation sites is 2. The Morgan fingerprint density at radius 3 is 2.41 bits per heavy atom. The molecule has 0 aliphatic carbocycles. The van der Waals surface area contributed by atoms with Gasteiger partial charge in [0.2, 0.25) is 0 Å². The van der Waals surface area contributed by atoms with Crippen molar-refractivity contribution in [2.24, 2.45) is 0 Å². The highest BCUT2D eigenvalue weighted by Crippen LogP contribution is 2.26. The number of ether oxygens (including phenoxy) is 1. The third kappa shape index (κ3) is 4.91. The quantitative estimate of drug-likeness (QED) is 0.409. The molecule has 1 amide bonds. The first kappa shape index (κ1) is 23.0. The molecule has 4 aromatic rings. The lowest BCUT2D eigenvalue weighted by Gasteiger charge is -2.13. The van der Waals surface area contributed by atoms with Gasteiger partial charge in [0.15, 0.2) is 5.69 Å². The van der Waals surface area contributed by atoms with Crippen molar-refractivity contribution in [1.82, 2.24) is 9.78 Å². The summed E-state index contributed by atoms with van der Waals surface area (Å²) in [4.78, 5) is 12.8. The van der Waals surface area contributed by atoms with Gasteiger partial charge in [0.1, 0.15) is 17.3 Å². The number of amides is 1. The summed E-state index contributed by atoms with van der Waals surface area (Å²) < 4.78 is 47.9. The minimum Gasteiger partial charge on any atom is -0.494 e. The Morgan fingerprint density at radius 1 is 1.00 bits per heavy atom. The molecule has 0 unspecified atom stereocenters. The number of carbonyl (C=O) groups excluding carboxylic acids is 1. The van der Waals surface area contributed by atoms with Gasteiger partial charge in [-0.05, 0) is 67.1 Å². The predicted molar refractivity (Wildman–Crippen MR) is 126 cm³/mol. The molecule has 0 spiro atoms.